The molecule has 0 aliphatic carbocycles. The average Bonchev–Trinajstić information content (AvgIpc) is 2.30. The lowest BCUT2D eigenvalue weighted by Gasteiger charge is -2.08. The second-order valence-electron chi connectivity index (χ2n) is 4.10. The number of carbonyl (C=O) groups excluding carboxylic acids is 1. The molecule has 2 aromatic carbocycles. The van der Waals surface area contributed by atoms with Crippen molar-refractivity contribution in [3.63, 3.8) is 0 Å². The number of rotatable bonds is 2. The van der Waals surface area contributed by atoms with Crippen molar-refractivity contribution in [2.75, 3.05) is 5.32 Å². The number of hydrogen-bond donors (Lipinski definition) is 1. The fraction of sp³-hybridized carbons (Fsp3) is 0.0714. The van der Waals surface area contributed by atoms with E-state index < -0.39 is 0 Å². The molecule has 2 aromatic rings. The Morgan fingerprint density at radius 1 is 1.26 bits per heavy atom. The molecule has 2 rings (SSSR count). The van der Waals surface area contributed by atoms with Crippen LogP contribution in [0.5, 0.6) is 0 Å². The van der Waals surface area contributed by atoms with Crippen LogP contribution in [0.2, 0.25) is 0 Å². The first-order valence-corrected chi connectivity index (χ1v) is 7.36. The topological polar surface area (TPSA) is 29.1 Å². The van der Waals surface area contributed by atoms with Crippen LogP contribution in [0.1, 0.15) is 15.9 Å². The molecule has 2 nitrogen and oxygen atoms in total. The molecule has 19 heavy (non-hydrogen) atoms. The molecule has 98 valence electrons. The Morgan fingerprint density at radius 2 is 2.00 bits per heavy atom. The Kier molecular flexibility index (Phi) is 4.57. The van der Waals surface area contributed by atoms with Gasteiger partial charge in [-0.3, -0.25) is 4.79 Å². The average molecular weight is 434 g/mol. The minimum Gasteiger partial charge on any atom is -0.322 e. The number of halogens is 3. The van der Waals surface area contributed by atoms with Crippen molar-refractivity contribution in [3.8, 4) is 0 Å². The Bertz CT molecular complexity index is 625. The zero-order valence-corrected chi connectivity index (χ0v) is 13.7. The molecule has 0 radical (unpaired) electrons. The summed E-state index contributed by atoms with van der Waals surface area (Å²) in [6, 6.07) is 9.89. The predicted molar refractivity (Wildman–Crippen MR) is 85.9 cm³/mol. The minimum absolute atomic E-state index is 0.254. The summed E-state index contributed by atoms with van der Waals surface area (Å²) in [5.41, 5.74) is 1.77. The third-order valence-electron chi connectivity index (χ3n) is 2.47. The molecule has 0 atom stereocenters. The van der Waals surface area contributed by atoms with Crippen LogP contribution in [-0.4, -0.2) is 5.91 Å². The fourth-order valence-electron chi connectivity index (χ4n) is 1.68. The van der Waals surface area contributed by atoms with E-state index in [1.807, 2.05) is 12.1 Å². The zero-order chi connectivity index (χ0) is 14.0. The Labute approximate surface area is 132 Å². The first-order valence-electron chi connectivity index (χ1n) is 5.49. The van der Waals surface area contributed by atoms with Crippen LogP contribution in [0.3, 0.4) is 0 Å². The molecule has 0 saturated carbocycles. The molecule has 0 spiro atoms. The smallest absolute Gasteiger partial charge is 0.256 e. The lowest BCUT2D eigenvalue weighted by molar-refractivity contribution is 0.102. The maximum Gasteiger partial charge on any atom is 0.256 e. The van der Waals surface area contributed by atoms with Crippen LogP contribution < -0.4 is 5.32 Å². The van der Waals surface area contributed by atoms with Gasteiger partial charge in [0.15, 0.2) is 0 Å². The van der Waals surface area contributed by atoms with Gasteiger partial charge >= 0.3 is 0 Å². The molecular weight excluding hydrogens is 424 g/mol. The normalized spacial score (nSPS) is 10.3. The van der Waals surface area contributed by atoms with Crippen LogP contribution in [0, 0.1) is 16.3 Å². The van der Waals surface area contributed by atoms with Crippen molar-refractivity contribution in [1.82, 2.24) is 0 Å². The van der Waals surface area contributed by atoms with Gasteiger partial charge in [-0.2, -0.15) is 0 Å². The number of anilines is 1. The van der Waals surface area contributed by atoms with Gasteiger partial charge in [0, 0.05) is 13.7 Å². The molecule has 0 bridgehead atoms. The largest absolute Gasteiger partial charge is 0.322 e. The first-order chi connectivity index (χ1) is 8.95. The van der Waals surface area contributed by atoms with Crippen molar-refractivity contribution in [2.24, 2.45) is 0 Å². The van der Waals surface area contributed by atoms with Crippen LogP contribution in [0.15, 0.2) is 40.9 Å². The van der Waals surface area contributed by atoms with Crippen molar-refractivity contribution >= 4 is 50.1 Å². The van der Waals surface area contributed by atoms with Crippen LogP contribution in [0.25, 0.3) is 0 Å². The molecule has 0 aromatic heterocycles. The highest BCUT2D eigenvalue weighted by Gasteiger charge is 2.11. The van der Waals surface area contributed by atoms with Crippen molar-refractivity contribution < 1.29 is 9.18 Å². The number of aryl methyl sites for hydroxylation is 1. The number of nitrogens with one attached hydrogen (secondary N) is 1. The van der Waals surface area contributed by atoms with E-state index >= 15 is 0 Å². The molecule has 0 aliphatic rings. The molecule has 0 fully saturated rings. The molecule has 1 N–H and O–H groups in total. The number of benzene rings is 2. The van der Waals surface area contributed by atoms with E-state index in [9.17, 15) is 9.18 Å². The third-order valence-corrected chi connectivity index (χ3v) is 3.91. The summed E-state index contributed by atoms with van der Waals surface area (Å²) < 4.78 is 14.9. The minimum atomic E-state index is -0.362. The van der Waals surface area contributed by atoms with Crippen LogP contribution in [-0.2, 0) is 0 Å². The molecule has 0 aliphatic heterocycles. The highest BCUT2D eigenvalue weighted by molar-refractivity contribution is 14.1. The van der Waals surface area contributed by atoms with Gasteiger partial charge in [0.2, 0.25) is 0 Å². The van der Waals surface area contributed by atoms with Gasteiger partial charge in [0.1, 0.15) is 5.82 Å². The van der Waals surface area contributed by atoms with E-state index in [1.54, 1.807) is 19.1 Å². The number of hydrogen-bond acceptors (Lipinski definition) is 1. The van der Waals surface area contributed by atoms with E-state index in [0.717, 1.165) is 13.6 Å². The summed E-state index contributed by atoms with van der Waals surface area (Å²) in [4.78, 5) is 12.2. The third kappa shape index (κ3) is 3.76. The maximum absolute atomic E-state index is 13.3. The van der Waals surface area contributed by atoms with E-state index in [0.29, 0.717) is 11.3 Å². The quantitative estimate of drug-likeness (QED) is 0.680. The summed E-state index contributed by atoms with van der Waals surface area (Å²) in [6.07, 6.45) is 0. The van der Waals surface area contributed by atoms with E-state index in [1.165, 1.54) is 12.1 Å². The Morgan fingerprint density at radius 3 is 2.68 bits per heavy atom. The number of carbonyl (C=O) groups is 1. The Balaban J connectivity index is 2.28. The second-order valence-corrected chi connectivity index (χ2v) is 6.17. The number of amides is 1. The molecule has 1 amide bonds. The van der Waals surface area contributed by atoms with Crippen molar-refractivity contribution in [1.29, 1.82) is 0 Å². The summed E-state index contributed by atoms with van der Waals surface area (Å²) >= 11 is 5.42. The van der Waals surface area contributed by atoms with E-state index in [4.69, 9.17) is 0 Å². The van der Waals surface area contributed by atoms with E-state index in [-0.39, 0.29) is 11.7 Å². The molecule has 0 unspecified atom stereocenters. The van der Waals surface area contributed by atoms with E-state index in [2.05, 4.69) is 43.8 Å². The van der Waals surface area contributed by atoms with Crippen LogP contribution >= 0.6 is 38.5 Å². The zero-order valence-electron chi connectivity index (χ0n) is 10.0. The second kappa shape index (κ2) is 6.00. The standard InChI is InChI=1S/C14H10BrFINO/c1-8-4-10(16)7-11(5-8)18-14(19)12-6-9(15)2-3-13(12)17/h2-7H,1H3,(H,18,19). The monoisotopic (exact) mass is 433 g/mol. The maximum atomic E-state index is 13.3. The van der Waals surface area contributed by atoms with Crippen molar-refractivity contribution in [2.45, 2.75) is 6.92 Å². The van der Waals surface area contributed by atoms with Gasteiger partial charge in [0.25, 0.3) is 5.91 Å². The van der Waals surface area contributed by atoms with Crippen molar-refractivity contribution in [3.05, 3.63) is 61.4 Å². The molecule has 5 heteroatoms. The summed E-state index contributed by atoms with van der Waals surface area (Å²) in [5.74, 6) is -0.616. The van der Waals surface area contributed by atoms with Gasteiger partial charge < -0.3 is 5.32 Å². The molecular formula is C14H10BrFINO. The van der Waals surface area contributed by atoms with Gasteiger partial charge in [-0.15, -0.1) is 0 Å². The Hall–Kier alpha value is -0.950. The first kappa shape index (κ1) is 14.5. The summed E-state index contributed by atoms with van der Waals surface area (Å²) in [5, 5.41) is 2.70. The summed E-state index contributed by atoms with van der Waals surface area (Å²) in [7, 11) is 0. The predicted octanol–water partition coefficient (Wildman–Crippen LogP) is 4.75. The summed E-state index contributed by atoms with van der Waals surface area (Å²) in [6.45, 7) is 1.78. The van der Waals surface area contributed by atoms with Gasteiger partial charge in [0.05, 0.1) is 5.56 Å². The highest BCUT2D eigenvalue weighted by atomic mass is 127. The molecule has 0 heterocycles. The van der Waals surface area contributed by atoms with Crippen LogP contribution in [0.4, 0.5) is 10.1 Å². The molecule has 0 saturated heterocycles. The lowest BCUT2D eigenvalue weighted by atomic mass is 10.2. The lowest BCUT2D eigenvalue weighted by Crippen LogP contribution is -2.13. The SMILES string of the molecule is Cc1cc(F)cc(NC(=O)c2cc(Br)ccc2I)c1. The van der Waals surface area contributed by atoms with Gasteiger partial charge in [-0.1, -0.05) is 15.9 Å². The van der Waals surface area contributed by atoms with Gasteiger partial charge in [-0.25, -0.2) is 4.39 Å². The fourth-order valence-corrected chi connectivity index (χ4v) is 2.62. The van der Waals surface area contributed by atoms with Gasteiger partial charge in [-0.05, 0) is 71.5 Å². The highest BCUT2D eigenvalue weighted by Crippen LogP contribution is 2.20.